The molecule has 0 spiro atoms. The van der Waals surface area contributed by atoms with Gasteiger partial charge in [-0.25, -0.2) is 0 Å². The molecule has 1 aliphatic carbocycles. The molecule has 0 aromatic carbocycles. The van der Waals surface area contributed by atoms with Crippen molar-refractivity contribution < 1.29 is 34.8 Å². The van der Waals surface area contributed by atoms with Gasteiger partial charge in [-0.05, 0) is 57.4 Å². The normalized spacial score (nSPS) is 25.1. The molecule has 40 heavy (non-hydrogen) atoms. The van der Waals surface area contributed by atoms with Crippen LogP contribution in [0.1, 0.15) is 57.8 Å². The van der Waals surface area contributed by atoms with Crippen molar-refractivity contribution in [1.82, 2.24) is 24.9 Å². The van der Waals surface area contributed by atoms with Crippen molar-refractivity contribution in [3.8, 4) is 0 Å². The maximum atomic E-state index is 12.3. The van der Waals surface area contributed by atoms with Crippen molar-refractivity contribution in [2.75, 3.05) is 78.9 Å². The maximum Gasteiger partial charge on any atom is 0.317 e. The molecule has 232 valence electrons. The zero-order chi connectivity index (χ0) is 29.3. The number of unbranched alkanes of at least 4 members (excludes halogenated alkanes) is 2. The van der Waals surface area contributed by atoms with E-state index in [0.29, 0.717) is 64.7 Å². The summed E-state index contributed by atoms with van der Waals surface area (Å²) in [5.74, 6) is -1.47. The van der Waals surface area contributed by atoms with Crippen LogP contribution in [0.2, 0.25) is 0 Å². The molecule has 1 atom stereocenters. The Morgan fingerprint density at radius 1 is 0.750 bits per heavy atom. The molecule has 1 heterocycles. The quantitative estimate of drug-likeness (QED) is 0.143. The van der Waals surface area contributed by atoms with Gasteiger partial charge in [-0.2, -0.15) is 0 Å². The van der Waals surface area contributed by atoms with Crippen molar-refractivity contribution in [3.05, 3.63) is 0 Å². The van der Waals surface area contributed by atoms with E-state index in [4.69, 9.17) is 5.73 Å². The first-order valence-corrected chi connectivity index (χ1v) is 14.8. The molecule has 1 saturated carbocycles. The second kappa shape index (κ2) is 19.3. The van der Waals surface area contributed by atoms with Crippen LogP contribution in [0.5, 0.6) is 0 Å². The number of hydrogen-bond donors (Lipinski definition) is 6. The van der Waals surface area contributed by atoms with Gasteiger partial charge in [0.05, 0.1) is 26.6 Å². The van der Waals surface area contributed by atoms with Crippen LogP contribution in [0.3, 0.4) is 0 Å². The number of nitrogens with zero attached hydrogens (tertiary/aromatic N) is 4. The third-order valence-electron chi connectivity index (χ3n) is 8.18. The van der Waals surface area contributed by atoms with Crippen molar-refractivity contribution in [2.24, 2.45) is 11.7 Å². The summed E-state index contributed by atoms with van der Waals surface area (Å²) in [6, 6.07) is -0.0348. The van der Waals surface area contributed by atoms with Gasteiger partial charge in [0.2, 0.25) is 5.91 Å². The van der Waals surface area contributed by atoms with E-state index in [9.17, 15) is 34.8 Å². The number of amides is 1. The van der Waals surface area contributed by atoms with Crippen molar-refractivity contribution in [2.45, 2.75) is 69.9 Å². The third kappa shape index (κ3) is 13.7. The van der Waals surface area contributed by atoms with Gasteiger partial charge in [-0.15, -0.1) is 0 Å². The number of hydrogen-bond acceptors (Lipinski definition) is 10. The molecule has 0 bridgehead atoms. The first kappa shape index (κ1) is 34.3. The fourth-order valence-corrected chi connectivity index (χ4v) is 5.80. The molecule has 1 aliphatic heterocycles. The SMILES string of the molecule is NCCCCCC(=O)NC1CCC(CC2CN(CC(=O)O)CCN(CO)CCN(CO)CCN2CC(=O)O)CC1. The number of carbonyl (C=O) groups is 3. The first-order chi connectivity index (χ1) is 19.2. The monoisotopic (exact) mass is 572 g/mol. The Morgan fingerprint density at radius 3 is 1.88 bits per heavy atom. The van der Waals surface area contributed by atoms with Crippen molar-refractivity contribution >= 4 is 17.8 Å². The highest BCUT2D eigenvalue weighted by Crippen LogP contribution is 2.30. The van der Waals surface area contributed by atoms with Gasteiger partial charge >= 0.3 is 11.9 Å². The summed E-state index contributed by atoms with van der Waals surface area (Å²) in [6.45, 7) is 3.17. The molecular weight excluding hydrogens is 520 g/mol. The van der Waals surface area contributed by atoms with Gasteiger partial charge in [0.25, 0.3) is 0 Å². The second-order valence-corrected chi connectivity index (χ2v) is 11.3. The fourth-order valence-electron chi connectivity index (χ4n) is 5.80. The van der Waals surface area contributed by atoms with Gasteiger partial charge in [-0.1, -0.05) is 6.42 Å². The number of carbonyl (C=O) groups excluding carboxylic acids is 1. The zero-order valence-electron chi connectivity index (χ0n) is 24.0. The lowest BCUT2D eigenvalue weighted by Crippen LogP contribution is -2.53. The van der Waals surface area contributed by atoms with Crippen LogP contribution in [0.25, 0.3) is 0 Å². The minimum absolute atomic E-state index is 0.0853. The Morgan fingerprint density at radius 2 is 1.32 bits per heavy atom. The molecule has 2 rings (SSSR count). The minimum Gasteiger partial charge on any atom is -0.480 e. The molecule has 1 unspecified atom stereocenters. The number of aliphatic hydroxyl groups excluding tert-OH is 2. The molecular formula is C27H52N6O7. The fraction of sp³-hybridized carbons (Fsp3) is 0.889. The topological polar surface area (TPSA) is 183 Å². The van der Waals surface area contributed by atoms with Crippen LogP contribution in [0.15, 0.2) is 0 Å². The average molecular weight is 573 g/mol. The van der Waals surface area contributed by atoms with E-state index in [1.54, 1.807) is 0 Å². The number of carboxylic acid groups (broad SMARTS) is 2. The molecule has 2 aliphatic rings. The van der Waals surface area contributed by atoms with Crippen LogP contribution in [0, 0.1) is 5.92 Å². The first-order valence-electron chi connectivity index (χ1n) is 14.8. The van der Waals surface area contributed by atoms with Gasteiger partial charge in [0, 0.05) is 64.3 Å². The standard InChI is InChI=1S/C27H52N6O7/c28-9-3-1-2-4-25(36)29-23-7-5-22(6-8-23)16-24-17-32(18-26(37)38)13-12-30(20-34)10-11-31(21-35)14-15-33(24)19-27(39)40/h22-24,34-35H,1-21,28H2,(H,29,36)(H,37,38)(H,39,40). The van der Waals surface area contributed by atoms with E-state index in [1.165, 1.54) is 0 Å². The van der Waals surface area contributed by atoms with E-state index in [0.717, 1.165) is 51.4 Å². The molecule has 0 aromatic heterocycles. The molecule has 13 heteroatoms. The van der Waals surface area contributed by atoms with Crippen LogP contribution >= 0.6 is 0 Å². The number of rotatable bonds is 14. The summed E-state index contributed by atoms with van der Waals surface area (Å²) in [5.41, 5.74) is 5.52. The van der Waals surface area contributed by atoms with Crippen LogP contribution in [-0.2, 0) is 14.4 Å². The lowest BCUT2D eigenvalue weighted by atomic mass is 9.81. The lowest BCUT2D eigenvalue weighted by molar-refractivity contribution is -0.141. The Kier molecular flexibility index (Phi) is 16.6. The van der Waals surface area contributed by atoms with E-state index < -0.39 is 11.9 Å². The molecule has 7 N–H and O–H groups in total. The van der Waals surface area contributed by atoms with Crippen LogP contribution in [0.4, 0.5) is 0 Å². The highest BCUT2D eigenvalue weighted by Gasteiger charge is 2.30. The lowest BCUT2D eigenvalue weighted by Gasteiger charge is -2.40. The highest BCUT2D eigenvalue weighted by atomic mass is 16.4. The Hall–Kier alpha value is -1.87. The third-order valence-corrected chi connectivity index (χ3v) is 8.18. The van der Waals surface area contributed by atoms with Gasteiger partial charge < -0.3 is 31.5 Å². The number of nitrogens with one attached hydrogen (secondary N) is 1. The van der Waals surface area contributed by atoms with Crippen molar-refractivity contribution in [3.63, 3.8) is 0 Å². The van der Waals surface area contributed by atoms with Gasteiger partial charge in [-0.3, -0.25) is 34.0 Å². The molecule has 0 aromatic rings. The number of nitrogens with two attached hydrogens (primary N) is 1. The molecule has 0 radical (unpaired) electrons. The Bertz CT molecular complexity index is 753. The van der Waals surface area contributed by atoms with Crippen LogP contribution < -0.4 is 11.1 Å². The summed E-state index contributed by atoms with van der Waals surface area (Å²) in [6.07, 6.45) is 7.54. The van der Waals surface area contributed by atoms with Gasteiger partial charge in [0.1, 0.15) is 0 Å². The van der Waals surface area contributed by atoms with Crippen molar-refractivity contribution in [1.29, 1.82) is 0 Å². The minimum atomic E-state index is -0.947. The zero-order valence-corrected chi connectivity index (χ0v) is 24.0. The van der Waals surface area contributed by atoms with Crippen LogP contribution in [-0.4, -0.2) is 149 Å². The largest absolute Gasteiger partial charge is 0.480 e. The van der Waals surface area contributed by atoms with E-state index in [1.807, 2.05) is 19.6 Å². The maximum absolute atomic E-state index is 12.3. The number of aliphatic carboxylic acids is 2. The second-order valence-electron chi connectivity index (χ2n) is 11.3. The summed E-state index contributed by atoms with van der Waals surface area (Å²) >= 11 is 0. The number of carboxylic acids is 2. The summed E-state index contributed by atoms with van der Waals surface area (Å²) in [5, 5.41) is 42.0. The summed E-state index contributed by atoms with van der Waals surface area (Å²) in [7, 11) is 0. The predicted molar refractivity (Wildman–Crippen MR) is 150 cm³/mol. The Balaban J connectivity index is 2.08. The average Bonchev–Trinajstić information content (AvgIpc) is 2.91. The molecule has 1 saturated heterocycles. The van der Waals surface area contributed by atoms with E-state index in [2.05, 4.69) is 5.32 Å². The predicted octanol–water partition coefficient (Wildman–Crippen LogP) is -0.770. The molecule has 13 nitrogen and oxygen atoms in total. The Labute approximate surface area is 238 Å². The summed E-state index contributed by atoms with van der Waals surface area (Å²) in [4.78, 5) is 43.2. The van der Waals surface area contributed by atoms with Gasteiger partial charge in [0.15, 0.2) is 0 Å². The molecule has 1 amide bonds. The molecule has 2 fully saturated rings. The van der Waals surface area contributed by atoms with E-state index in [-0.39, 0.29) is 44.5 Å². The highest BCUT2D eigenvalue weighted by molar-refractivity contribution is 5.76. The number of aliphatic hydroxyl groups is 2. The summed E-state index contributed by atoms with van der Waals surface area (Å²) < 4.78 is 0. The van der Waals surface area contributed by atoms with E-state index >= 15 is 0 Å². The smallest absolute Gasteiger partial charge is 0.317 e.